The number of hydrogen-bond acceptors (Lipinski definition) is 4. The Kier molecular flexibility index (Phi) is 20.4. The van der Waals surface area contributed by atoms with E-state index in [1.807, 2.05) is 18.2 Å². The van der Waals surface area contributed by atoms with Crippen LogP contribution in [0.2, 0.25) is 0 Å². The molecule has 0 saturated heterocycles. The molecule has 1 rings (SSSR count). The minimum absolute atomic E-state index is 0.0414. The number of ether oxygens (including phenoxy) is 1. The first-order valence-corrected chi connectivity index (χ1v) is 14.8. The van der Waals surface area contributed by atoms with Gasteiger partial charge in [-0.25, -0.2) is 0 Å². The molecule has 0 spiro atoms. The Morgan fingerprint density at radius 2 is 1.19 bits per heavy atom. The van der Waals surface area contributed by atoms with Crippen LogP contribution in [0.4, 0.5) is 0 Å². The third-order valence-electron chi connectivity index (χ3n) is 6.76. The number of carbonyl (C=O) groups is 1. The van der Waals surface area contributed by atoms with Crippen molar-refractivity contribution in [2.75, 3.05) is 32.9 Å². The minimum Gasteiger partial charge on any atom is -0.493 e. The Labute approximate surface area is 221 Å². The fraction of sp³-hybridized carbons (Fsp3) is 0.774. The van der Waals surface area contributed by atoms with Crippen molar-refractivity contribution in [1.29, 1.82) is 0 Å². The van der Waals surface area contributed by atoms with E-state index in [1.54, 1.807) is 11.0 Å². The van der Waals surface area contributed by atoms with Crippen LogP contribution in [0.3, 0.4) is 0 Å². The molecule has 0 aliphatic carbocycles. The molecule has 0 radical (unpaired) electrons. The van der Waals surface area contributed by atoms with Gasteiger partial charge < -0.3 is 19.8 Å². The lowest BCUT2D eigenvalue weighted by Crippen LogP contribution is -2.34. The van der Waals surface area contributed by atoms with E-state index in [-0.39, 0.29) is 19.1 Å². The van der Waals surface area contributed by atoms with Crippen molar-refractivity contribution in [2.45, 2.75) is 117 Å². The first-order valence-electron chi connectivity index (χ1n) is 14.8. The van der Waals surface area contributed by atoms with E-state index < -0.39 is 0 Å². The van der Waals surface area contributed by atoms with Crippen LogP contribution < -0.4 is 4.74 Å². The Morgan fingerprint density at radius 1 is 0.722 bits per heavy atom. The van der Waals surface area contributed by atoms with Gasteiger partial charge in [0.2, 0.25) is 0 Å². The molecule has 1 aromatic carbocycles. The third-order valence-corrected chi connectivity index (χ3v) is 6.76. The van der Waals surface area contributed by atoms with Gasteiger partial charge in [0.05, 0.1) is 12.2 Å². The van der Waals surface area contributed by atoms with Gasteiger partial charge in [0, 0.05) is 26.3 Å². The smallest absolute Gasteiger partial charge is 0.257 e. The van der Waals surface area contributed by atoms with Gasteiger partial charge in [-0.2, -0.15) is 0 Å². The summed E-state index contributed by atoms with van der Waals surface area (Å²) < 4.78 is 5.99. The summed E-state index contributed by atoms with van der Waals surface area (Å²) in [5.41, 5.74) is 0.559. The number of carbonyl (C=O) groups excluding carboxylic acids is 1. The summed E-state index contributed by atoms with van der Waals surface area (Å²) in [7, 11) is 0. The quantitative estimate of drug-likeness (QED) is 0.144. The van der Waals surface area contributed by atoms with E-state index in [9.17, 15) is 4.79 Å². The van der Waals surface area contributed by atoms with E-state index in [0.29, 0.717) is 43.9 Å². The molecule has 2 N–H and O–H groups in total. The van der Waals surface area contributed by atoms with Gasteiger partial charge in [0.25, 0.3) is 5.91 Å². The first-order chi connectivity index (χ1) is 17.6. The lowest BCUT2D eigenvalue weighted by Gasteiger charge is -2.23. The van der Waals surface area contributed by atoms with Crippen LogP contribution in [0, 0.1) is 5.92 Å². The highest BCUT2D eigenvalue weighted by atomic mass is 16.5. The van der Waals surface area contributed by atoms with Gasteiger partial charge in [0.15, 0.2) is 0 Å². The number of para-hydroxylation sites is 1. The number of unbranched alkanes of at least 4 members (excludes halogenated alkanes) is 12. The van der Waals surface area contributed by atoms with E-state index >= 15 is 0 Å². The molecule has 0 atom stereocenters. The second kappa shape index (κ2) is 22.6. The standard InChI is InChI=1S/C31H55NO4/c1-28(2)20-14-12-10-8-6-4-3-5-7-9-11-13-17-27-36-30-22-16-15-21-29(30)31(35)32(23-18-25-33)24-19-26-34/h15-16,21-22,28,33-34H,3-14,17-20,23-27H2,1-2H3. The summed E-state index contributed by atoms with van der Waals surface area (Å²) in [5, 5.41) is 18.3. The molecule has 1 aromatic rings. The molecule has 0 heterocycles. The molecule has 5 nitrogen and oxygen atoms in total. The van der Waals surface area contributed by atoms with Gasteiger partial charge in [0.1, 0.15) is 5.75 Å². The van der Waals surface area contributed by atoms with Gasteiger partial charge in [-0.05, 0) is 37.3 Å². The van der Waals surface area contributed by atoms with Crippen molar-refractivity contribution in [3.63, 3.8) is 0 Å². The highest BCUT2D eigenvalue weighted by Gasteiger charge is 2.19. The molecule has 5 heteroatoms. The van der Waals surface area contributed by atoms with Crippen LogP contribution in [0.15, 0.2) is 24.3 Å². The average Bonchev–Trinajstić information content (AvgIpc) is 2.88. The summed E-state index contributed by atoms with van der Waals surface area (Å²) in [6.45, 7) is 6.28. The van der Waals surface area contributed by atoms with E-state index in [2.05, 4.69) is 13.8 Å². The van der Waals surface area contributed by atoms with Crippen LogP contribution in [0.5, 0.6) is 5.75 Å². The predicted molar refractivity (Wildman–Crippen MR) is 151 cm³/mol. The molecule has 0 aliphatic heterocycles. The van der Waals surface area contributed by atoms with Crippen LogP contribution in [-0.2, 0) is 0 Å². The maximum atomic E-state index is 13.0. The number of benzene rings is 1. The average molecular weight is 506 g/mol. The molecule has 0 aliphatic rings. The summed E-state index contributed by atoms with van der Waals surface area (Å²) in [5.74, 6) is 1.38. The zero-order chi connectivity index (χ0) is 26.3. The van der Waals surface area contributed by atoms with E-state index in [0.717, 1.165) is 18.8 Å². The van der Waals surface area contributed by atoms with Crippen LogP contribution >= 0.6 is 0 Å². The Hall–Kier alpha value is -1.59. The molecule has 36 heavy (non-hydrogen) atoms. The number of aliphatic hydroxyl groups excluding tert-OH is 2. The van der Waals surface area contributed by atoms with Gasteiger partial charge in [-0.1, -0.05) is 109 Å². The largest absolute Gasteiger partial charge is 0.493 e. The van der Waals surface area contributed by atoms with Crippen molar-refractivity contribution in [1.82, 2.24) is 4.90 Å². The van der Waals surface area contributed by atoms with Crippen molar-refractivity contribution in [3.8, 4) is 5.75 Å². The molecule has 0 bridgehead atoms. The topological polar surface area (TPSA) is 70.0 Å². The molecule has 0 aromatic heterocycles. The van der Waals surface area contributed by atoms with Gasteiger partial charge in [-0.15, -0.1) is 0 Å². The fourth-order valence-electron chi connectivity index (χ4n) is 4.56. The zero-order valence-corrected chi connectivity index (χ0v) is 23.4. The number of aliphatic hydroxyl groups is 2. The predicted octanol–water partition coefficient (Wildman–Crippen LogP) is 7.39. The first kappa shape index (κ1) is 32.4. The third kappa shape index (κ3) is 16.2. The molecular weight excluding hydrogens is 450 g/mol. The van der Waals surface area contributed by atoms with Crippen LogP contribution in [-0.4, -0.2) is 53.9 Å². The normalized spacial score (nSPS) is 11.2. The molecule has 0 fully saturated rings. The monoisotopic (exact) mass is 505 g/mol. The maximum absolute atomic E-state index is 13.0. The summed E-state index contributed by atoms with van der Waals surface area (Å²) >= 11 is 0. The molecular formula is C31H55NO4. The number of rotatable bonds is 24. The molecule has 208 valence electrons. The number of amides is 1. The lowest BCUT2D eigenvalue weighted by atomic mass is 10.0. The van der Waals surface area contributed by atoms with Crippen molar-refractivity contribution in [2.24, 2.45) is 5.92 Å². The minimum atomic E-state index is -0.0985. The summed E-state index contributed by atoms with van der Waals surface area (Å²) in [4.78, 5) is 14.7. The van der Waals surface area contributed by atoms with Crippen molar-refractivity contribution in [3.05, 3.63) is 29.8 Å². The summed E-state index contributed by atoms with van der Waals surface area (Å²) in [6.07, 6.45) is 19.7. The lowest BCUT2D eigenvalue weighted by molar-refractivity contribution is 0.0729. The molecule has 1 amide bonds. The Balaban J connectivity index is 2.14. The van der Waals surface area contributed by atoms with Crippen molar-refractivity contribution < 1.29 is 19.7 Å². The fourth-order valence-corrected chi connectivity index (χ4v) is 4.56. The molecule has 0 unspecified atom stereocenters. The van der Waals surface area contributed by atoms with E-state index in [1.165, 1.54) is 77.0 Å². The van der Waals surface area contributed by atoms with Crippen LogP contribution in [0.1, 0.15) is 127 Å². The van der Waals surface area contributed by atoms with Gasteiger partial charge in [-0.3, -0.25) is 4.79 Å². The van der Waals surface area contributed by atoms with E-state index in [4.69, 9.17) is 14.9 Å². The second-order valence-corrected chi connectivity index (χ2v) is 10.6. The maximum Gasteiger partial charge on any atom is 0.257 e. The van der Waals surface area contributed by atoms with Gasteiger partial charge >= 0.3 is 0 Å². The second-order valence-electron chi connectivity index (χ2n) is 10.6. The SMILES string of the molecule is CC(C)CCCCCCCCCCCCCCCOc1ccccc1C(=O)N(CCCO)CCCO. The number of hydrogen-bond donors (Lipinski definition) is 2. The zero-order valence-electron chi connectivity index (χ0n) is 23.4. The highest BCUT2D eigenvalue weighted by molar-refractivity contribution is 5.96. The highest BCUT2D eigenvalue weighted by Crippen LogP contribution is 2.21. The van der Waals surface area contributed by atoms with Crippen LogP contribution in [0.25, 0.3) is 0 Å². The van der Waals surface area contributed by atoms with Crippen molar-refractivity contribution >= 4 is 5.91 Å². The number of nitrogens with zero attached hydrogens (tertiary/aromatic N) is 1. The molecule has 0 saturated carbocycles. The summed E-state index contributed by atoms with van der Waals surface area (Å²) in [6, 6.07) is 7.40. The Bertz CT molecular complexity index is 641. The Morgan fingerprint density at radius 3 is 1.69 bits per heavy atom.